The third-order valence-corrected chi connectivity index (χ3v) is 2.56. The highest BCUT2D eigenvalue weighted by Gasteiger charge is 2.14. The second kappa shape index (κ2) is 5.05. The van der Waals surface area contributed by atoms with Gasteiger partial charge in [-0.15, -0.1) is 0 Å². The zero-order chi connectivity index (χ0) is 14.0. The lowest BCUT2D eigenvalue weighted by Gasteiger charge is -2.06. The van der Waals surface area contributed by atoms with Gasteiger partial charge in [0.2, 0.25) is 5.89 Å². The van der Waals surface area contributed by atoms with Crippen molar-refractivity contribution in [2.24, 2.45) is 0 Å². The van der Waals surface area contributed by atoms with Crippen molar-refractivity contribution in [3.05, 3.63) is 41.0 Å². The van der Waals surface area contributed by atoms with Gasteiger partial charge in [0, 0.05) is 0 Å². The van der Waals surface area contributed by atoms with Crippen LogP contribution in [0.1, 0.15) is 27.7 Å². The molecule has 2 N–H and O–H groups in total. The molecule has 0 saturated carbocycles. The lowest BCUT2D eigenvalue weighted by atomic mass is 10.2. The smallest absolute Gasteiger partial charge is 0.339 e. The molecule has 0 bridgehead atoms. The second-order valence-electron chi connectivity index (χ2n) is 3.96. The molecule has 7 heteroatoms. The highest BCUT2D eigenvalue weighted by Crippen LogP contribution is 2.15. The predicted molar refractivity (Wildman–Crippen MR) is 64.5 cm³/mol. The van der Waals surface area contributed by atoms with E-state index in [4.69, 9.17) is 9.52 Å². The monoisotopic (exact) mass is 265 g/mol. The van der Waals surface area contributed by atoms with Crippen LogP contribution in [-0.4, -0.2) is 21.0 Å². The maximum Gasteiger partial charge on any atom is 0.339 e. The Kier molecular flexibility index (Phi) is 3.46. The number of aryl methyl sites for hydroxylation is 2. The van der Waals surface area contributed by atoms with Crippen LogP contribution in [0.3, 0.4) is 0 Å². The molecule has 2 aromatic rings. The number of hydrogen-bond acceptors (Lipinski definition) is 5. The molecule has 0 aliphatic rings. The van der Waals surface area contributed by atoms with E-state index in [1.165, 1.54) is 0 Å². The average molecular weight is 265 g/mol. The summed E-state index contributed by atoms with van der Waals surface area (Å²) in [4.78, 5) is 18.8. The molecule has 0 fully saturated rings. The normalized spacial score (nSPS) is 10.5. The Morgan fingerprint density at radius 3 is 2.84 bits per heavy atom. The molecule has 2 heterocycles. The first kappa shape index (κ1) is 13.0. The van der Waals surface area contributed by atoms with Gasteiger partial charge >= 0.3 is 5.97 Å². The molecule has 0 aliphatic carbocycles. The van der Waals surface area contributed by atoms with Gasteiger partial charge in [-0.2, -0.15) is 0 Å². The Balaban J connectivity index is 2.17. The topological polar surface area (TPSA) is 88.2 Å². The van der Waals surface area contributed by atoms with Gasteiger partial charge in [0.1, 0.15) is 23.0 Å². The van der Waals surface area contributed by atoms with Crippen LogP contribution in [0.15, 0.2) is 16.7 Å². The summed E-state index contributed by atoms with van der Waals surface area (Å²) in [6.45, 7) is 3.76. The molecule has 0 spiro atoms. The minimum Gasteiger partial charge on any atom is -0.478 e. The number of nitrogens with zero attached hydrogens (tertiary/aromatic N) is 2. The number of pyridine rings is 1. The molecule has 0 radical (unpaired) electrons. The van der Waals surface area contributed by atoms with E-state index in [1.807, 2.05) is 0 Å². The third kappa shape index (κ3) is 2.87. The molecule has 0 atom stereocenters. The van der Waals surface area contributed by atoms with Crippen molar-refractivity contribution in [2.45, 2.75) is 20.4 Å². The molecule has 0 aliphatic heterocycles. The molecule has 2 aromatic heterocycles. The van der Waals surface area contributed by atoms with E-state index in [9.17, 15) is 9.18 Å². The van der Waals surface area contributed by atoms with Crippen molar-refractivity contribution in [1.29, 1.82) is 0 Å². The van der Waals surface area contributed by atoms with E-state index in [0.29, 0.717) is 11.7 Å². The Bertz CT molecular complexity index is 605. The van der Waals surface area contributed by atoms with Gasteiger partial charge in [0.15, 0.2) is 0 Å². The zero-order valence-corrected chi connectivity index (χ0v) is 10.4. The highest BCUT2D eigenvalue weighted by atomic mass is 19.1. The highest BCUT2D eigenvalue weighted by molar-refractivity contribution is 5.92. The first-order valence-corrected chi connectivity index (χ1v) is 5.53. The Morgan fingerprint density at radius 2 is 2.26 bits per heavy atom. The van der Waals surface area contributed by atoms with Crippen LogP contribution in [0.5, 0.6) is 0 Å². The van der Waals surface area contributed by atoms with Crippen LogP contribution < -0.4 is 5.32 Å². The number of rotatable bonds is 4. The number of halogens is 1. The summed E-state index contributed by atoms with van der Waals surface area (Å²) in [5.74, 6) is -0.776. The SMILES string of the molecule is Cc1nc(CNc2ncc(F)cc2C(=O)O)oc1C. The molecule has 0 amide bonds. The summed E-state index contributed by atoms with van der Waals surface area (Å²) in [5, 5.41) is 11.7. The molecule has 6 nitrogen and oxygen atoms in total. The van der Waals surface area contributed by atoms with Gasteiger partial charge in [-0.3, -0.25) is 0 Å². The van der Waals surface area contributed by atoms with E-state index in [2.05, 4.69) is 15.3 Å². The van der Waals surface area contributed by atoms with E-state index < -0.39 is 11.8 Å². The van der Waals surface area contributed by atoms with Crippen molar-refractivity contribution in [2.75, 3.05) is 5.32 Å². The van der Waals surface area contributed by atoms with Crippen molar-refractivity contribution in [1.82, 2.24) is 9.97 Å². The first-order chi connectivity index (χ1) is 8.97. The summed E-state index contributed by atoms with van der Waals surface area (Å²) < 4.78 is 18.3. The number of nitrogens with one attached hydrogen (secondary N) is 1. The van der Waals surface area contributed by atoms with Crippen molar-refractivity contribution in [3.63, 3.8) is 0 Å². The largest absolute Gasteiger partial charge is 0.478 e. The predicted octanol–water partition coefficient (Wildman–Crippen LogP) is 2.14. The van der Waals surface area contributed by atoms with Gasteiger partial charge in [0.05, 0.1) is 18.4 Å². The second-order valence-corrected chi connectivity index (χ2v) is 3.96. The maximum absolute atomic E-state index is 12.9. The van der Waals surface area contributed by atoms with E-state index in [1.54, 1.807) is 13.8 Å². The minimum atomic E-state index is -1.26. The van der Waals surface area contributed by atoms with Gasteiger partial charge in [0.25, 0.3) is 0 Å². The zero-order valence-electron chi connectivity index (χ0n) is 10.4. The molecule has 0 saturated heterocycles. The third-order valence-electron chi connectivity index (χ3n) is 2.56. The van der Waals surface area contributed by atoms with Crippen LogP contribution >= 0.6 is 0 Å². The molecule has 2 rings (SSSR count). The number of carboxylic acids is 1. The molecule has 19 heavy (non-hydrogen) atoms. The summed E-state index contributed by atoms with van der Waals surface area (Å²) in [5.41, 5.74) is 0.530. The number of carboxylic acid groups (broad SMARTS) is 1. The van der Waals surface area contributed by atoms with Gasteiger partial charge in [-0.25, -0.2) is 19.2 Å². The lowest BCUT2D eigenvalue weighted by molar-refractivity contribution is 0.0697. The van der Waals surface area contributed by atoms with Crippen molar-refractivity contribution in [3.8, 4) is 0 Å². The quantitative estimate of drug-likeness (QED) is 0.880. The summed E-state index contributed by atoms with van der Waals surface area (Å²) in [7, 11) is 0. The number of aromatic carboxylic acids is 1. The van der Waals surface area contributed by atoms with Crippen LogP contribution in [0.4, 0.5) is 10.2 Å². The fourth-order valence-corrected chi connectivity index (χ4v) is 1.52. The lowest BCUT2D eigenvalue weighted by Crippen LogP contribution is -2.09. The van der Waals surface area contributed by atoms with Gasteiger partial charge < -0.3 is 14.8 Å². The van der Waals surface area contributed by atoms with Crippen molar-refractivity contribution >= 4 is 11.8 Å². The number of hydrogen-bond donors (Lipinski definition) is 2. The molecular formula is C12H12FN3O3. The van der Waals surface area contributed by atoms with Gasteiger partial charge in [-0.1, -0.05) is 0 Å². The van der Waals surface area contributed by atoms with Gasteiger partial charge in [-0.05, 0) is 19.9 Å². The average Bonchev–Trinajstić information content (AvgIpc) is 2.67. The summed E-state index contributed by atoms with van der Waals surface area (Å²) in [6.07, 6.45) is 0.945. The van der Waals surface area contributed by atoms with Crippen LogP contribution in [-0.2, 0) is 6.54 Å². The fraction of sp³-hybridized carbons (Fsp3) is 0.250. The number of carbonyl (C=O) groups is 1. The number of anilines is 1. The van der Waals surface area contributed by atoms with E-state index in [0.717, 1.165) is 18.0 Å². The summed E-state index contributed by atoms with van der Waals surface area (Å²) >= 11 is 0. The Hall–Kier alpha value is -2.44. The molecule has 0 unspecified atom stereocenters. The van der Waals surface area contributed by atoms with Crippen LogP contribution in [0.25, 0.3) is 0 Å². The van der Waals surface area contributed by atoms with E-state index in [-0.39, 0.29) is 17.9 Å². The number of aromatic nitrogens is 2. The maximum atomic E-state index is 12.9. The standard InChI is InChI=1S/C12H12FN3O3/c1-6-7(2)19-10(16-6)5-15-11-9(12(17)18)3-8(13)4-14-11/h3-4H,5H2,1-2H3,(H,14,15)(H,17,18). The molecule has 100 valence electrons. The number of oxazole rings is 1. The van der Waals surface area contributed by atoms with E-state index >= 15 is 0 Å². The van der Waals surface area contributed by atoms with Crippen LogP contribution in [0, 0.1) is 19.7 Å². The Morgan fingerprint density at radius 1 is 1.53 bits per heavy atom. The first-order valence-electron chi connectivity index (χ1n) is 5.53. The van der Waals surface area contributed by atoms with Crippen LogP contribution in [0.2, 0.25) is 0 Å². The summed E-state index contributed by atoms with van der Waals surface area (Å²) in [6, 6.07) is 0.906. The molecule has 0 aromatic carbocycles. The fourth-order valence-electron chi connectivity index (χ4n) is 1.52. The minimum absolute atomic E-state index is 0.0717. The van der Waals surface area contributed by atoms with Crippen molar-refractivity contribution < 1.29 is 18.7 Å². The molecular weight excluding hydrogens is 253 g/mol. The Labute approximate surface area is 108 Å².